The zero-order valence-electron chi connectivity index (χ0n) is 21.2. The number of hydrogen-bond donors (Lipinski definition) is 5. The maximum absolute atomic E-state index is 12.7. The van der Waals surface area contributed by atoms with Crippen molar-refractivity contribution >= 4 is 35.3 Å². The number of piperidine rings is 1. The van der Waals surface area contributed by atoms with Crippen molar-refractivity contribution in [2.45, 2.75) is 31.9 Å². The summed E-state index contributed by atoms with van der Waals surface area (Å²) in [6.07, 6.45) is 1.46. The number of ether oxygens (including phenoxy) is 1. The van der Waals surface area contributed by atoms with Gasteiger partial charge in [-0.2, -0.15) is 0 Å². The number of aliphatic imine (C=N–C) groups is 1. The molecule has 0 aromatic heterocycles. The van der Waals surface area contributed by atoms with Gasteiger partial charge >= 0.3 is 12.1 Å². The SMILES string of the molecule is O=C(NC(CNC(=O)C1CCN(c2cccc(NC3=NCCCN3)c2)CC1)C(=O)O)OCc1ccccc1. The molecule has 0 spiro atoms. The number of nitrogens with zero attached hydrogens (tertiary/aromatic N) is 2. The molecule has 0 aliphatic carbocycles. The van der Waals surface area contributed by atoms with Crippen LogP contribution < -0.4 is 26.2 Å². The molecule has 202 valence electrons. The van der Waals surface area contributed by atoms with Gasteiger partial charge in [0, 0.05) is 50.0 Å². The van der Waals surface area contributed by atoms with E-state index in [0.717, 1.165) is 42.4 Å². The van der Waals surface area contributed by atoms with Gasteiger partial charge in [0.25, 0.3) is 0 Å². The summed E-state index contributed by atoms with van der Waals surface area (Å²) in [7, 11) is 0. The van der Waals surface area contributed by atoms with Crippen LogP contribution in [0.4, 0.5) is 16.2 Å². The molecule has 11 heteroatoms. The van der Waals surface area contributed by atoms with Crippen molar-refractivity contribution in [1.82, 2.24) is 16.0 Å². The largest absolute Gasteiger partial charge is 0.480 e. The maximum Gasteiger partial charge on any atom is 0.408 e. The molecule has 0 saturated carbocycles. The predicted molar refractivity (Wildman–Crippen MR) is 144 cm³/mol. The molecule has 2 aromatic rings. The Balaban J connectivity index is 1.21. The van der Waals surface area contributed by atoms with Crippen LogP contribution in [0.1, 0.15) is 24.8 Å². The summed E-state index contributed by atoms with van der Waals surface area (Å²) >= 11 is 0. The van der Waals surface area contributed by atoms with Gasteiger partial charge in [0.2, 0.25) is 5.91 Å². The number of hydrogen-bond acceptors (Lipinski definition) is 8. The molecular weight excluding hydrogens is 488 g/mol. The van der Waals surface area contributed by atoms with Gasteiger partial charge in [-0.15, -0.1) is 0 Å². The molecule has 1 fully saturated rings. The number of carbonyl (C=O) groups is 3. The number of amides is 2. The number of carboxylic acids is 1. The van der Waals surface area contributed by atoms with Gasteiger partial charge < -0.3 is 36.0 Å². The molecule has 2 amide bonds. The second-order valence-corrected chi connectivity index (χ2v) is 9.29. The highest BCUT2D eigenvalue weighted by atomic mass is 16.5. The highest BCUT2D eigenvalue weighted by molar-refractivity contribution is 5.94. The van der Waals surface area contributed by atoms with E-state index in [2.05, 4.69) is 37.2 Å². The van der Waals surface area contributed by atoms with Crippen molar-refractivity contribution < 1.29 is 24.2 Å². The normalized spacial score (nSPS) is 16.4. The van der Waals surface area contributed by atoms with Crippen molar-refractivity contribution in [2.24, 2.45) is 10.9 Å². The Bertz CT molecular complexity index is 1130. The summed E-state index contributed by atoms with van der Waals surface area (Å²) in [4.78, 5) is 43.1. The summed E-state index contributed by atoms with van der Waals surface area (Å²) in [5.74, 6) is -0.915. The number of anilines is 2. The van der Waals surface area contributed by atoms with E-state index < -0.39 is 18.1 Å². The van der Waals surface area contributed by atoms with Gasteiger partial charge in [-0.25, -0.2) is 9.59 Å². The third-order valence-electron chi connectivity index (χ3n) is 6.52. The molecule has 1 saturated heterocycles. The fourth-order valence-electron chi connectivity index (χ4n) is 4.39. The quantitative estimate of drug-likeness (QED) is 0.337. The first kappa shape index (κ1) is 26.8. The van der Waals surface area contributed by atoms with Crippen LogP contribution >= 0.6 is 0 Å². The van der Waals surface area contributed by atoms with Gasteiger partial charge in [0.15, 0.2) is 5.96 Å². The van der Waals surface area contributed by atoms with E-state index in [1.165, 1.54) is 0 Å². The number of benzene rings is 2. The van der Waals surface area contributed by atoms with Crippen LogP contribution in [-0.2, 0) is 20.9 Å². The summed E-state index contributed by atoms with van der Waals surface area (Å²) < 4.78 is 5.09. The number of rotatable bonds is 9. The standard InChI is InChI=1S/C27H34N6O5/c34-24(30-17-23(25(35)36)32-27(37)38-18-19-6-2-1-3-7-19)20-10-14-33(15-11-20)22-9-4-8-21(16-22)31-26-28-12-5-13-29-26/h1-4,6-9,16,20,23H,5,10-15,17-18H2,(H,30,34)(H,32,37)(H,35,36)(H2,28,29,31). The van der Waals surface area contributed by atoms with Crippen molar-refractivity contribution in [1.29, 1.82) is 0 Å². The minimum atomic E-state index is -1.29. The van der Waals surface area contributed by atoms with E-state index in [4.69, 9.17) is 4.74 Å². The predicted octanol–water partition coefficient (Wildman–Crippen LogP) is 2.16. The highest BCUT2D eigenvalue weighted by Crippen LogP contribution is 2.25. The molecule has 2 aromatic carbocycles. The van der Waals surface area contributed by atoms with Crippen molar-refractivity contribution in [3.63, 3.8) is 0 Å². The number of carbonyl (C=O) groups excluding carboxylic acids is 2. The van der Waals surface area contributed by atoms with Crippen molar-refractivity contribution in [3.05, 3.63) is 60.2 Å². The average molecular weight is 523 g/mol. The lowest BCUT2D eigenvalue weighted by atomic mass is 9.95. The summed E-state index contributed by atoms with van der Waals surface area (Å²) in [5.41, 5.74) is 2.80. The fraction of sp³-hybridized carbons (Fsp3) is 0.407. The summed E-state index contributed by atoms with van der Waals surface area (Å²) in [5, 5.41) is 21.0. The van der Waals surface area contributed by atoms with Gasteiger partial charge in [-0.1, -0.05) is 36.4 Å². The van der Waals surface area contributed by atoms with Crippen LogP contribution in [0, 0.1) is 5.92 Å². The van der Waals surface area contributed by atoms with E-state index in [-0.39, 0.29) is 25.0 Å². The van der Waals surface area contributed by atoms with Crippen LogP contribution in [-0.4, -0.2) is 67.8 Å². The van der Waals surface area contributed by atoms with E-state index in [0.29, 0.717) is 25.9 Å². The van der Waals surface area contributed by atoms with Crippen molar-refractivity contribution in [3.8, 4) is 0 Å². The lowest BCUT2D eigenvalue weighted by Crippen LogP contribution is -2.50. The molecule has 4 rings (SSSR count). The van der Waals surface area contributed by atoms with E-state index in [1.807, 2.05) is 36.4 Å². The molecule has 1 atom stereocenters. The third-order valence-corrected chi connectivity index (χ3v) is 6.52. The molecule has 1 unspecified atom stereocenters. The third kappa shape index (κ3) is 7.86. The number of carboxylic acid groups (broad SMARTS) is 1. The number of aliphatic carboxylic acids is 1. The Morgan fingerprint density at radius 1 is 1.11 bits per heavy atom. The Labute approximate surface area is 221 Å². The topological polar surface area (TPSA) is 144 Å². The fourth-order valence-corrected chi connectivity index (χ4v) is 4.39. The molecular formula is C27H34N6O5. The molecule has 5 N–H and O–H groups in total. The van der Waals surface area contributed by atoms with Crippen LogP contribution in [0.5, 0.6) is 0 Å². The minimum Gasteiger partial charge on any atom is -0.480 e. The van der Waals surface area contributed by atoms with Crippen LogP contribution in [0.25, 0.3) is 0 Å². The monoisotopic (exact) mass is 522 g/mol. The Morgan fingerprint density at radius 3 is 2.61 bits per heavy atom. The first-order valence-electron chi connectivity index (χ1n) is 12.9. The highest BCUT2D eigenvalue weighted by Gasteiger charge is 2.27. The maximum atomic E-state index is 12.7. The lowest BCUT2D eigenvalue weighted by Gasteiger charge is -2.33. The van der Waals surface area contributed by atoms with Gasteiger partial charge in [-0.3, -0.25) is 9.79 Å². The summed E-state index contributed by atoms with van der Waals surface area (Å²) in [6, 6.07) is 15.9. The smallest absolute Gasteiger partial charge is 0.408 e. The first-order chi connectivity index (χ1) is 18.5. The zero-order chi connectivity index (χ0) is 26.7. The number of alkyl carbamates (subject to hydrolysis) is 1. The lowest BCUT2D eigenvalue weighted by molar-refractivity contribution is -0.139. The molecule has 0 radical (unpaired) electrons. The zero-order valence-corrected chi connectivity index (χ0v) is 21.2. The first-order valence-corrected chi connectivity index (χ1v) is 12.9. The van der Waals surface area contributed by atoms with Crippen LogP contribution in [0.2, 0.25) is 0 Å². The van der Waals surface area contributed by atoms with Gasteiger partial charge in [0.1, 0.15) is 12.6 Å². The average Bonchev–Trinajstić information content (AvgIpc) is 2.95. The molecule has 2 aliphatic rings. The molecule has 2 heterocycles. The van der Waals surface area contributed by atoms with Crippen LogP contribution in [0.3, 0.4) is 0 Å². The molecule has 2 aliphatic heterocycles. The van der Waals surface area contributed by atoms with Crippen LogP contribution in [0.15, 0.2) is 59.6 Å². The van der Waals surface area contributed by atoms with E-state index >= 15 is 0 Å². The van der Waals surface area contributed by atoms with Crippen molar-refractivity contribution in [2.75, 3.05) is 42.9 Å². The Kier molecular flexibility index (Phi) is 9.38. The van der Waals surface area contributed by atoms with E-state index in [9.17, 15) is 19.5 Å². The second-order valence-electron chi connectivity index (χ2n) is 9.29. The van der Waals surface area contributed by atoms with Gasteiger partial charge in [-0.05, 0) is 43.0 Å². The molecule has 0 bridgehead atoms. The number of nitrogens with one attached hydrogen (secondary N) is 4. The Morgan fingerprint density at radius 2 is 1.89 bits per heavy atom. The second kappa shape index (κ2) is 13.3. The number of guanidine groups is 1. The van der Waals surface area contributed by atoms with E-state index in [1.54, 1.807) is 12.1 Å². The summed E-state index contributed by atoms with van der Waals surface area (Å²) in [6.45, 7) is 2.92. The molecule has 11 nitrogen and oxygen atoms in total. The minimum absolute atomic E-state index is 0.0224. The Hall–Kier alpha value is -4.28. The van der Waals surface area contributed by atoms with Gasteiger partial charge in [0.05, 0.1) is 0 Å². The molecule has 38 heavy (non-hydrogen) atoms.